The summed E-state index contributed by atoms with van der Waals surface area (Å²) < 4.78 is 0. The smallest absolute Gasteiger partial charge is 0.304 e. The quantitative estimate of drug-likeness (QED) is 0.677. The highest BCUT2D eigenvalue weighted by atomic mass is 32.1. The molecule has 6 heteroatoms. The summed E-state index contributed by atoms with van der Waals surface area (Å²) in [6.45, 7) is 2.57. The molecule has 1 aromatic heterocycles. The summed E-state index contributed by atoms with van der Waals surface area (Å²) in [5, 5.41) is 21.8. The summed E-state index contributed by atoms with van der Waals surface area (Å²) in [6, 6.07) is 2.00. The lowest BCUT2D eigenvalue weighted by molar-refractivity contribution is -0.383. The Balaban J connectivity index is 1.92. The molecule has 1 saturated carbocycles. The normalized spacial score (nSPS) is 24.7. The van der Waals surface area contributed by atoms with Gasteiger partial charge in [0.15, 0.2) is 5.00 Å². The van der Waals surface area contributed by atoms with Crippen molar-refractivity contribution in [2.75, 3.05) is 11.4 Å². The molecule has 0 bridgehead atoms. The van der Waals surface area contributed by atoms with E-state index in [9.17, 15) is 15.2 Å². The van der Waals surface area contributed by atoms with Crippen molar-refractivity contribution in [1.82, 2.24) is 0 Å². The molecule has 1 aromatic rings. The minimum Gasteiger partial charge on any atom is -0.388 e. The second-order valence-corrected chi connectivity index (χ2v) is 7.28. The fourth-order valence-corrected chi connectivity index (χ4v) is 4.96. The zero-order chi connectivity index (χ0) is 15.0. The first-order valence-corrected chi connectivity index (χ1v) is 8.62. The minimum atomic E-state index is -0.644. The Morgan fingerprint density at radius 2 is 2.10 bits per heavy atom. The van der Waals surface area contributed by atoms with Crippen LogP contribution in [-0.2, 0) is 0 Å². The van der Waals surface area contributed by atoms with Crippen molar-refractivity contribution in [3.8, 4) is 0 Å². The van der Waals surface area contributed by atoms with Crippen LogP contribution < -0.4 is 4.90 Å². The Hall–Kier alpha value is -1.14. The Bertz CT molecular complexity index is 523. The highest BCUT2D eigenvalue weighted by molar-refractivity contribution is 7.16. The van der Waals surface area contributed by atoms with Gasteiger partial charge in [-0.2, -0.15) is 0 Å². The first-order chi connectivity index (χ1) is 10.1. The first-order valence-electron chi connectivity index (χ1n) is 7.80. The molecule has 116 valence electrons. The molecular weight excluding hydrogens is 288 g/mol. The van der Waals surface area contributed by atoms with Gasteiger partial charge in [0.05, 0.1) is 11.0 Å². The van der Waals surface area contributed by atoms with Gasteiger partial charge in [0.1, 0.15) is 0 Å². The van der Waals surface area contributed by atoms with Crippen molar-refractivity contribution in [2.45, 2.75) is 57.6 Å². The van der Waals surface area contributed by atoms with Gasteiger partial charge in [-0.05, 0) is 38.5 Å². The van der Waals surface area contributed by atoms with Crippen LogP contribution in [-0.4, -0.2) is 22.6 Å². The van der Waals surface area contributed by atoms with Crippen LogP contribution in [0.3, 0.4) is 0 Å². The van der Waals surface area contributed by atoms with E-state index in [1.807, 2.05) is 0 Å². The van der Waals surface area contributed by atoms with E-state index >= 15 is 0 Å². The predicted octanol–water partition coefficient (Wildman–Crippen LogP) is 3.87. The lowest BCUT2D eigenvalue weighted by atomic mass is 9.96. The van der Waals surface area contributed by atoms with E-state index in [1.54, 1.807) is 13.0 Å². The first kappa shape index (κ1) is 14.8. The number of hydrogen-bond donors (Lipinski definition) is 1. The van der Waals surface area contributed by atoms with Crippen LogP contribution in [0.4, 0.5) is 10.7 Å². The number of hydrogen-bond acceptors (Lipinski definition) is 5. The average molecular weight is 310 g/mol. The second-order valence-electron chi connectivity index (χ2n) is 6.22. The highest BCUT2D eigenvalue weighted by Crippen LogP contribution is 2.45. The monoisotopic (exact) mass is 310 g/mol. The number of thiophene rings is 1. The highest BCUT2D eigenvalue weighted by Gasteiger charge is 2.37. The van der Waals surface area contributed by atoms with E-state index in [0.717, 1.165) is 24.4 Å². The molecule has 2 fully saturated rings. The molecule has 21 heavy (non-hydrogen) atoms. The Labute approximate surface area is 128 Å². The second kappa shape index (κ2) is 5.93. The summed E-state index contributed by atoms with van der Waals surface area (Å²) in [5.74, 6) is 0.684. The van der Waals surface area contributed by atoms with Crippen molar-refractivity contribution in [1.29, 1.82) is 0 Å². The van der Waals surface area contributed by atoms with Gasteiger partial charge in [-0.15, -0.1) is 11.3 Å². The van der Waals surface area contributed by atoms with Gasteiger partial charge in [-0.1, -0.05) is 12.8 Å². The van der Waals surface area contributed by atoms with Gasteiger partial charge in [0, 0.05) is 23.5 Å². The van der Waals surface area contributed by atoms with Crippen LogP contribution in [0.1, 0.15) is 56.4 Å². The van der Waals surface area contributed by atoms with E-state index in [1.165, 1.54) is 37.0 Å². The van der Waals surface area contributed by atoms with Crippen molar-refractivity contribution >= 4 is 22.0 Å². The number of aliphatic hydroxyl groups excluding tert-OH is 1. The lowest BCUT2D eigenvalue weighted by Gasteiger charge is -2.29. The van der Waals surface area contributed by atoms with Crippen molar-refractivity contribution < 1.29 is 10.0 Å². The van der Waals surface area contributed by atoms with E-state index < -0.39 is 6.10 Å². The van der Waals surface area contributed by atoms with E-state index in [-0.39, 0.29) is 10.6 Å². The topological polar surface area (TPSA) is 66.6 Å². The number of nitro groups is 1. The van der Waals surface area contributed by atoms with Gasteiger partial charge < -0.3 is 10.0 Å². The fourth-order valence-electron chi connectivity index (χ4n) is 3.81. The summed E-state index contributed by atoms with van der Waals surface area (Å²) in [4.78, 5) is 14.0. The molecule has 2 aliphatic rings. The summed E-state index contributed by atoms with van der Waals surface area (Å²) in [7, 11) is 0. The van der Waals surface area contributed by atoms with Crippen LogP contribution in [0.5, 0.6) is 0 Å². The molecule has 0 radical (unpaired) electrons. The third kappa shape index (κ3) is 2.79. The molecule has 0 aromatic carbocycles. The Morgan fingerprint density at radius 3 is 2.71 bits per heavy atom. The third-order valence-corrected chi connectivity index (χ3v) is 6.16. The Kier molecular flexibility index (Phi) is 4.17. The minimum absolute atomic E-state index is 0.167. The Morgan fingerprint density at radius 1 is 1.38 bits per heavy atom. The van der Waals surface area contributed by atoms with Crippen LogP contribution in [0.25, 0.3) is 0 Å². The molecule has 5 nitrogen and oxygen atoms in total. The number of anilines is 1. The molecule has 0 amide bonds. The average Bonchev–Trinajstić information content (AvgIpc) is 3.17. The standard InChI is InChI=1S/C15H22N2O3S/c1-10(18)14-9-13(17(19)20)15(21-14)16-8-4-7-12(16)11-5-2-3-6-11/h9-12,18H,2-8H2,1H3. The van der Waals surface area contributed by atoms with Crippen LogP contribution in [0, 0.1) is 16.0 Å². The predicted molar refractivity (Wildman–Crippen MR) is 83.9 cm³/mol. The van der Waals surface area contributed by atoms with E-state index in [0.29, 0.717) is 16.8 Å². The van der Waals surface area contributed by atoms with Crippen LogP contribution in [0.2, 0.25) is 0 Å². The molecule has 1 aliphatic carbocycles. The molecule has 2 unspecified atom stereocenters. The molecule has 2 heterocycles. The summed E-state index contributed by atoms with van der Waals surface area (Å²) >= 11 is 1.39. The van der Waals surface area contributed by atoms with Crippen molar-refractivity contribution in [2.24, 2.45) is 5.92 Å². The number of rotatable bonds is 4. The van der Waals surface area contributed by atoms with Crippen molar-refractivity contribution in [3.05, 3.63) is 21.1 Å². The maximum Gasteiger partial charge on any atom is 0.304 e. The van der Waals surface area contributed by atoms with E-state index in [2.05, 4.69) is 4.90 Å². The molecule has 2 atom stereocenters. The summed E-state index contributed by atoms with van der Waals surface area (Å²) in [5.41, 5.74) is 0.167. The van der Waals surface area contributed by atoms with Crippen molar-refractivity contribution in [3.63, 3.8) is 0 Å². The number of nitrogens with zero attached hydrogens (tertiary/aromatic N) is 2. The fraction of sp³-hybridized carbons (Fsp3) is 0.733. The van der Waals surface area contributed by atoms with E-state index in [4.69, 9.17) is 0 Å². The molecule has 1 N–H and O–H groups in total. The largest absolute Gasteiger partial charge is 0.388 e. The SMILES string of the molecule is CC(O)c1cc([N+](=O)[O-])c(N2CCCC2C2CCCC2)s1. The lowest BCUT2D eigenvalue weighted by Crippen LogP contribution is -2.34. The molecule has 0 spiro atoms. The van der Waals surface area contributed by atoms with Gasteiger partial charge >= 0.3 is 5.69 Å². The molecular formula is C15H22N2O3S. The zero-order valence-corrected chi connectivity index (χ0v) is 13.1. The summed E-state index contributed by atoms with van der Waals surface area (Å²) in [6.07, 6.45) is 6.70. The van der Waals surface area contributed by atoms with Gasteiger partial charge in [-0.25, -0.2) is 0 Å². The molecule has 1 saturated heterocycles. The van der Waals surface area contributed by atoms with Crippen LogP contribution >= 0.6 is 11.3 Å². The molecule has 1 aliphatic heterocycles. The van der Waals surface area contributed by atoms with Gasteiger partial charge in [-0.3, -0.25) is 10.1 Å². The third-order valence-electron chi connectivity index (χ3n) is 4.83. The molecule has 3 rings (SSSR count). The maximum absolute atomic E-state index is 11.3. The maximum atomic E-state index is 11.3. The van der Waals surface area contributed by atoms with Crippen LogP contribution in [0.15, 0.2) is 6.07 Å². The number of aliphatic hydroxyl groups is 1. The zero-order valence-electron chi connectivity index (χ0n) is 12.3. The van der Waals surface area contributed by atoms with Gasteiger partial charge in [0.25, 0.3) is 0 Å². The van der Waals surface area contributed by atoms with Gasteiger partial charge in [0.2, 0.25) is 0 Å².